The van der Waals surface area contributed by atoms with Gasteiger partial charge in [-0.25, -0.2) is 24.5 Å². The van der Waals surface area contributed by atoms with Crippen molar-refractivity contribution in [2.75, 3.05) is 12.3 Å². The second-order valence-corrected chi connectivity index (χ2v) is 13.3. The summed E-state index contributed by atoms with van der Waals surface area (Å²) < 4.78 is 31.5. The standard InChI is InChI=1S/C31H39N5O7/c1-3-31(17-39-27(37)42-29-10-4-20(5-11-29)6-12-29)22(40-28(38)43-30-13-7-21(8-14-30)9-15-30)16-23(41-31)36-18-33-24-25(32)34-19(2)35-26(24)36/h1,18,20-23H,4-17H2,2H3,(H2,32,34,35)/t20?,21?,22-,23+,29?,30?,31+/m0/s1. The first-order valence-electron chi connectivity index (χ1n) is 15.6. The van der Waals surface area contributed by atoms with Gasteiger partial charge >= 0.3 is 12.3 Å². The molecule has 0 aromatic carbocycles. The first kappa shape index (κ1) is 28.2. The van der Waals surface area contributed by atoms with E-state index in [1.54, 1.807) is 11.5 Å². The first-order chi connectivity index (χ1) is 20.7. The van der Waals surface area contributed by atoms with Crippen molar-refractivity contribution in [1.82, 2.24) is 19.5 Å². The minimum absolute atomic E-state index is 0.145. The number of nitrogens with zero attached hydrogens (tertiary/aromatic N) is 4. The fourth-order valence-corrected chi connectivity index (χ4v) is 8.03. The lowest BCUT2D eigenvalue weighted by Crippen LogP contribution is -2.49. The van der Waals surface area contributed by atoms with E-state index in [1.807, 2.05) is 0 Å². The number of anilines is 1. The molecule has 0 spiro atoms. The second kappa shape index (κ2) is 10.5. The molecule has 2 aromatic rings. The Morgan fingerprint density at radius 1 is 1.00 bits per heavy atom. The molecule has 7 fully saturated rings. The maximum atomic E-state index is 13.3. The van der Waals surface area contributed by atoms with Crippen LogP contribution in [-0.2, 0) is 23.7 Å². The summed E-state index contributed by atoms with van der Waals surface area (Å²) >= 11 is 0. The summed E-state index contributed by atoms with van der Waals surface area (Å²) in [5.74, 6) is 4.78. The number of ether oxygens (including phenoxy) is 5. The van der Waals surface area contributed by atoms with E-state index in [9.17, 15) is 9.59 Å². The number of fused-ring (bicyclic) bond motifs is 7. The molecule has 4 bridgehead atoms. The van der Waals surface area contributed by atoms with Gasteiger partial charge in [0.1, 0.15) is 35.4 Å². The molecule has 7 aliphatic rings. The van der Waals surface area contributed by atoms with E-state index in [1.165, 1.54) is 6.33 Å². The average molecular weight is 594 g/mol. The quantitative estimate of drug-likeness (QED) is 0.351. The summed E-state index contributed by atoms with van der Waals surface area (Å²) in [7, 11) is 0. The van der Waals surface area contributed by atoms with Crippen LogP contribution < -0.4 is 5.73 Å². The highest BCUT2D eigenvalue weighted by Gasteiger charge is 2.54. The molecule has 2 N–H and O–H groups in total. The Kier molecular flexibility index (Phi) is 6.91. The van der Waals surface area contributed by atoms with Crippen LogP contribution in [0.25, 0.3) is 11.2 Å². The number of carbonyl (C=O) groups excluding carboxylic acids is 2. The molecule has 0 amide bonds. The van der Waals surface area contributed by atoms with Crippen LogP contribution in [0, 0.1) is 31.1 Å². The topological polar surface area (TPSA) is 150 Å². The van der Waals surface area contributed by atoms with Gasteiger partial charge in [0.05, 0.1) is 6.33 Å². The van der Waals surface area contributed by atoms with Crippen molar-refractivity contribution in [3.8, 4) is 12.3 Å². The number of hydrogen-bond donors (Lipinski definition) is 1. The molecular weight excluding hydrogens is 554 g/mol. The molecule has 1 saturated heterocycles. The minimum atomic E-state index is -1.60. The predicted molar refractivity (Wildman–Crippen MR) is 152 cm³/mol. The largest absolute Gasteiger partial charge is 0.509 e. The van der Waals surface area contributed by atoms with E-state index in [4.69, 9.17) is 35.8 Å². The number of rotatable bonds is 6. The van der Waals surface area contributed by atoms with Crippen molar-refractivity contribution >= 4 is 29.3 Å². The Morgan fingerprint density at radius 3 is 2.16 bits per heavy atom. The highest BCUT2D eigenvalue weighted by atomic mass is 16.8. The van der Waals surface area contributed by atoms with Crippen LogP contribution in [0.15, 0.2) is 6.33 Å². The van der Waals surface area contributed by atoms with Crippen molar-refractivity contribution in [2.24, 2.45) is 11.8 Å². The highest BCUT2D eigenvalue weighted by molar-refractivity contribution is 5.81. The maximum absolute atomic E-state index is 13.3. The fourth-order valence-electron chi connectivity index (χ4n) is 8.03. The van der Waals surface area contributed by atoms with Crippen LogP contribution >= 0.6 is 0 Å². The number of terminal acetylenes is 1. The summed E-state index contributed by atoms with van der Waals surface area (Å²) in [6.45, 7) is 1.36. The summed E-state index contributed by atoms with van der Waals surface area (Å²) in [6.07, 6.45) is 15.7. The van der Waals surface area contributed by atoms with E-state index in [0.29, 0.717) is 22.9 Å². The fraction of sp³-hybridized carbons (Fsp3) is 0.710. The zero-order chi connectivity index (χ0) is 29.8. The van der Waals surface area contributed by atoms with Gasteiger partial charge < -0.3 is 29.4 Å². The van der Waals surface area contributed by atoms with Crippen LogP contribution in [0.4, 0.5) is 15.4 Å². The number of nitrogens with two attached hydrogens (primary N) is 1. The van der Waals surface area contributed by atoms with Crippen molar-refractivity contribution in [3.05, 3.63) is 12.2 Å². The zero-order valence-corrected chi connectivity index (χ0v) is 24.6. The van der Waals surface area contributed by atoms with Gasteiger partial charge in [-0.05, 0) is 95.8 Å². The minimum Gasteiger partial charge on any atom is -0.430 e. The van der Waals surface area contributed by atoms with Gasteiger partial charge in [0.15, 0.2) is 17.6 Å². The second-order valence-electron chi connectivity index (χ2n) is 13.3. The first-order valence-corrected chi connectivity index (χ1v) is 15.6. The molecule has 3 heterocycles. The van der Waals surface area contributed by atoms with E-state index in [-0.39, 0.29) is 18.8 Å². The monoisotopic (exact) mass is 593 g/mol. The lowest BCUT2D eigenvalue weighted by atomic mass is 9.68. The number of nitrogen functional groups attached to an aromatic ring is 1. The molecule has 12 nitrogen and oxygen atoms in total. The Hall–Kier alpha value is -3.59. The smallest absolute Gasteiger partial charge is 0.430 e. The van der Waals surface area contributed by atoms with Crippen LogP contribution in [0.2, 0.25) is 0 Å². The molecule has 3 atom stereocenters. The normalized spacial score (nSPS) is 36.3. The number of hydrogen-bond acceptors (Lipinski definition) is 11. The Morgan fingerprint density at radius 2 is 1.58 bits per heavy atom. The third-order valence-electron chi connectivity index (χ3n) is 10.7. The van der Waals surface area contributed by atoms with Crippen LogP contribution in [0.3, 0.4) is 0 Å². The summed E-state index contributed by atoms with van der Waals surface area (Å²) in [5, 5.41) is 0. The summed E-state index contributed by atoms with van der Waals surface area (Å²) in [5.41, 5.74) is 4.36. The van der Waals surface area contributed by atoms with E-state index < -0.39 is 41.4 Å². The molecule has 12 heteroatoms. The van der Waals surface area contributed by atoms with Crippen molar-refractivity contribution < 1.29 is 33.3 Å². The van der Waals surface area contributed by atoms with Gasteiger partial charge in [0.2, 0.25) is 5.60 Å². The molecule has 1 aliphatic heterocycles. The van der Waals surface area contributed by atoms with Gasteiger partial charge in [-0.15, -0.1) is 6.42 Å². The molecule has 0 unspecified atom stereocenters. The molecule has 6 aliphatic carbocycles. The number of imidazole rings is 1. The van der Waals surface area contributed by atoms with Crippen molar-refractivity contribution in [2.45, 2.75) is 120 Å². The molecule has 43 heavy (non-hydrogen) atoms. The Labute approximate surface area is 250 Å². The van der Waals surface area contributed by atoms with E-state index in [0.717, 1.165) is 83.0 Å². The predicted octanol–water partition coefficient (Wildman–Crippen LogP) is 5.13. The van der Waals surface area contributed by atoms with Crippen LogP contribution in [0.1, 0.15) is 95.5 Å². The SMILES string of the molecule is C#C[C@]1(COC(=O)OC23CCC(CC2)CC3)O[C@@H](n2cnc3c(N)nc(C)nc32)C[C@@H]1OC(=O)OC12CCC(CC1)CC2. The lowest BCUT2D eigenvalue weighted by molar-refractivity contribution is -0.135. The van der Waals surface area contributed by atoms with Gasteiger partial charge in [-0.2, -0.15) is 0 Å². The third-order valence-corrected chi connectivity index (χ3v) is 10.7. The molecular formula is C31H39N5O7. The molecule has 2 aromatic heterocycles. The maximum Gasteiger partial charge on any atom is 0.509 e. The molecule has 9 rings (SSSR count). The number of aryl methyl sites for hydroxylation is 1. The van der Waals surface area contributed by atoms with Crippen LogP contribution in [0.5, 0.6) is 0 Å². The molecule has 230 valence electrons. The molecule has 6 saturated carbocycles. The zero-order valence-electron chi connectivity index (χ0n) is 24.6. The van der Waals surface area contributed by atoms with Gasteiger partial charge in [0, 0.05) is 6.42 Å². The summed E-state index contributed by atoms with van der Waals surface area (Å²) in [4.78, 5) is 39.3. The lowest BCUT2D eigenvalue weighted by Gasteiger charge is -2.45. The van der Waals surface area contributed by atoms with E-state index in [2.05, 4.69) is 20.9 Å². The highest BCUT2D eigenvalue weighted by Crippen LogP contribution is 2.48. The van der Waals surface area contributed by atoms with Crippen molar-refractivity contribution in [3.63, 3.8) is 0 Å². The Balaban J connectivity index is 1.11. The van der Waals surface area contributed by atoms with Crippen molar-refractivity contribution in [1.29, 1.82) is 0 Å². The third kappa shape index (κ3) is 5.15. The number of aromatic nitrogens is 4. The molecule has 0 radical (unpaired) electrons. The number of carbonyl (C=O) groups is 2. The van der Waals surface area contributed by atoms with Gasteiger partial charge in [-0.1, -0.05) is 5.92 Å². The van der Waals surface area contributed by atoms with Crippen LogP contribution in [-0.4, -0.2) is 61.3 Å². The van der Waals surface area contributed by atoms with Gasteiger partial charge in [-0.3, -0.25) is 4.57 Å². The average Bonchev–Trinajstić information content (AvgIpc) is 3.59. The van der Waals surface area contributed by atoms with Gasteiger partial charge in [0.25, 0.3) is 0 Å². The summed E-state index contributed by atoms with van der Waals surface area (Å²) in [6, 6.07) is 0. The Bertz CT molecular complexity index is 1420. The van der Waals surface area contributed by atoms with E-state index >= 15 is 0 Å².